The first-order chi connectivity index (χ1) is 14.2. The molecule has 30 heavy (non-hydrogen) atoms. The highest BCUT2D eigenvalue weighted by Crippen LogP contribution is 2.24. The molecule has 0 aromatic heterocycles. The minimum absolute atomic E-state index is 0.150. The molecular formula is C23H24N2O4S. The zero-order chi connectivity index (χ0) is 21.7. The maximum atomic E-state index is 12.6. The summed E-state index contributed by atoms with van der Waals surface area (Å²) in [6, 6.07) is 18.9. The standard InChI is InChI=1S/C23H24N2O4S/c1-16-9-12-22(18(3)13-16)29-15-23(26)24-19-11-10-17(2)21(14-19)25-30(27,28)20-7-5-4-6-8-20/h4-14,25H,15H2,1-3H3,(H,24,26). The number of ether oxygens (including phenoxy) is 1. The molecule has 1 amide bonds. The normalized spacial score (nSPS) is 11.0. The molecule has 7 heteroatoms. The summed E-state index contributed by atoms with van der Waals surface area (Å²) in [6.45, 7) is 5.55. The topological polar surface area (TPSA) is 84.5 Å². The van der Waals surface area contributed by atoms with E-state index in [-0.39, 0.29) is 17.4 Å². The van der Waals surface area contributed by atoms with E-state index in [1.807, 2.05) is 32.0 Å². The molecule has 0 heterocycles. The Labute approximate surface area is 177 Å². The predicted octanol–water partition coefficient (Wildman–Crippen LogP) is 4.43. The van der Waals surface area contributed by atoms with E-state index in [0.29, 0.717) is 17.1 Å². The van der Waals surface area contributed by atoms with Crippen LogP contribution in [0, 0.1) is 20.8 Å². The number of hydrogen-bond acceptors (Lipinski definition) is 4. The van der Waals surface area contributed by atoms with E-state index in [0.717, 1.165) is 16.7 Å². The van der Waals surface area contributed by atoms with Crippen molar-refractivity contribution in [3.8, 4) is 5.75 Å². The highest BCUT2D eigenvalue weighted by Gasteiger charge is 2.15. The zero-order valence-electron chi connectivity index (χ0n) is 17.1. The Morgan fingerprint density at radius 1 is 0.900 bits per heavy atom. The summed E-state index contributed by atoms with van der Waals surface area (Å²) in [7, 11) is -3.72. The van der Waals surface area contributed by atoms with Gasteiger partial charge in [0.15, 0.2) is 6.61 Å². The predicted molar refractivity (Wildman–Crippen MR) is 118 cm³/mol. The molecule has 3 rings (SSSR count). The van der Waals surface area contributed by atoms with Crippen LogP contribution in [0.3, 0.4) is 0 Å². The Morgan fingerprint density at radius 3 is 2.33 bits per heavy atom. The smallest absolute Gasteiger partial charge is 0.262 e. The van der Waals surface area contributed by atoms with Crippen LogP contribution in [0.1, 0.15) is 16.7 Å². The lowest BCUT2D eigenvalue weighted by Gasteiger charge is -2.14. The first kappa shape index (κ1) is 21.4. The van der Waals surface area contributed by atoms with Gasteiger partial charge in [0.1, 0.15) is 5.75 Å². The van der Waals surface area contributed by atoms with Crippen LogP contribution in [-0.2, 0) is 14.8 Å². The number of rotatable bonds is 7. The van der Waals surface area contributed by atoms with Gasteiger partial charge in [0.2, 0.25) is 0 Å². The SMILES string of the molecule is Cc1ccc(OCC(=O)Nc2ccc(C)c(NS(=O)(=O)c3ccccc3)c2)c(C)c1. The van der Waals surface area contributed by atoms with Crippen LogP contribution < -0.4 is 14.8 Å². The van der Waals surface area contributed by atoms with E-state index in [9.17, 15) is 13.2 Å². The molecule has 0 unspecified atom stereocenters. The van der Waals surface area contributed by atoms with Crippen LogP contribution in [0.4, 0.5) is 11.4 Å². The summed E-state index contributed by atoms with van der Waals surface area (Å²) in [5.41, 5.74) is 3.68. The maximum absolute atomic E-state index is 12.6. The lowest BCUT2D eigenvalue weighted by molar-refractivity contribution is -0.118. The lowest BCUT2D eigenvalue weighted by Crippen LogP contribution is -2.20. The minimum Gasteiger partial charge on any atom is -0.483 e. The van der Waals surface area contributed by atoms with Crippen molar-refractivity contribution in [2.45, 2.75) is 25.7 Å². The maximum Gasteiger partial charge on any atom is 0.262 e. The van der Waals surface area contributed by atoms with E-state index in [2.05, 4.69) is 10.0 Å². The van der Waals surface area contributed by atoms with E-state index in [1.54, 1.807) is 43.3 Å². The third-order valence-electron chi connectivity index (χ3n) is 4.51. The number of nitrogens with one attached hydrogen (secondary N) is 2. The van der Waals surface area contributed by atoms with Gasteiger partial charge in [-0.05, 0) is 62.2 Å². The molecular weight excluding hydrogens is 400 g/mol. The molecule has 3 aromatic carbocycles. The fraction of sp³-hybridized carbons (Fsp3) is 0.174. The average Bonchev–Trinajstić information content (AvgIpc) is 2.70. The van der Waals surface area contributed by atoms with Crippen LogP contribution in [0.25, 0.3) is 0 Å². The van der Waals surface area contributed by atoms with E-state index < -0.39 is 10.0 Å². The summed E-state index contributed by atoms with van der Waals surface area (Å²) in [5, 5.41) is 2.74. The van der Waals surface area contributed by atoms with Crippen molar-refractivity contribution in [2.75, 3.05) is 16.6 Å². The second kappa shape index (κ2) is 9.00. The number of sulfonamides is 1. The van der Waals surface area contributed by atoms with Crippen molar-refractivity contribution in [1.29, 1.82) is 0 Å². The molecule has 0 fully saturated rings. The van der Waals surface area contributed by atoms with Crippen molar-refractivity contribution in [3.63, 3.8) is 0 Å². The van der Waals surface area contributed by atoms with E-state index in [4.69, 9.17) is 4.74 Å². The number of carbonyl (C=O) groups is 1. The molecule has 156 valence electrons. The van der Waals surface area contributed by atoms with Gasteiger partial charge in [-0.1, -0.05) is 42.0 Å². The largest absolute Gasteiger partial charge is 0.483 e. The van der Waals surface area contributed by atoms with Gasteiger partial charge in [0.25, 0.3) is 15.9 Å². The first-order valence-corrected chi connectivity index (χ1v) is 10.9. The molecule has 0 saturated carbocycles. The molecule has 0 bridgehead atoms. The molecule has 6 nitrogen and oxygen atoms in total. The quantitative estimate of drug-likeness (QED) is 0.588. The second-order valence-corrected chi connectivity index (χ2v) is 8.74. The van der Waals surface area contributed by atoms with E-state index >= 15 is 0 Å². The Morgan fingerprint density at radius 2 is 1.63 bits per heavy atom. The average molecular weight is 425 g/mol. The summed E-state index contributed by atoms with van der Waals surface area (Å²) < 4.78 is 33.3. The van der Waals surface area contributed by atoms with Gasteiger partial charge in [-0.2, -0.15) is 0 Å². The zero-order valence-corrected chi connectivity index (χ0v) is 17.9. The highest BCUT2D eigenvalue weighted by atomic mass is 32.2. The minimum atomic E-state index is -3.72. The van der Waals surface area contributed by atoms with Gasteiger partial charge in [-0.3, -0.25) is 9.52 Å². The molecule has 2 N–H and O–H groups in total. The summed E-state index contributed by atoms with van der Waals surface area (Å²) in [4.78, 5) is 12.5. The van der Waals surface area contributed by atoms with Crippen LogP contribution in [-0.4, -0.2) is 20.9 Å². The van der Waals surface area contributed by atoms with Crippen LogP contribution in [0.15, 0.2) is 71.6 Å². The van der Waals surface area contributed by atoms with Gasteiger partial charge in [-0.25, -0.2) is 8.42 Å². The number of amides is 1. The number of carbonyl (C=O) groups excluding carboxylic acids is 1. The molecule has 0 spiro atoms. The van der Waals surface area contributed by atoms with Crippen molar-refractivity contribution >= 4 is 27.3 Å². The highest BCUT2D eigenvalue weighted by molar-refractivity contribution is 7.92. The van der Waals surface area contributed by atoms with Crippen LogP contribution >= 0.6 is 0 Å². The summed E-state index contributed by atoms with van der Waals surface area (Å²) in [5.74, 6) is 0.312. The third kappa shape index (κ3) is 5.39. The number of hydrogen-bond donors (Lipinski definition) is 2. The Bertz CT molecular complexity index is 1160. The summed E-state index contributed by atoms with van der Waals surface area (Å²) >= 11 is 0. The van der Waals surface area contributed by atoms with Gasteiger partial charge >= 0.3 is 0 Å². The van der Waals surface area contributed by atoms with E-state index in [1.165, 1.54) is 12.1 Å². The fourth-order valence-corrected chi connectivity index (χ4v) is 4.06. The van der Waals surface area contributed by atoms with Crippen molar-refractivity contribution < 1.29 is 17.9 Å². The number of aryl methyl sites for hydroxylation is 3. The number of benzene rings is 3. The van der Waals surface area contributed by atoms with Crippen LogP contribution in [0.2, 0.25) is 0 Å². The van der Waals surface area contributed by atoms with Crippen molar-refractivity contribution in [1.82, 2.24) is 0 Å². The van der Waals surface area contributed by atoms with Crippen molar-refractivity contribution in [2.24, 2.45) is 0 Å². The number of anilines is 2. The second-order valence-electron chi connectivity index (χ2n) is 7.05. The molecule has 0 aliphatic heterocycles. The monoisotopic (exact) mass is 424 g/mol. The molecule has 0 aliphatic rings. The van der Waals surface area contributed by atoms with Gasteiger partial charge in [0, 0.05) is 5.69 Å². The first-order valence-electron chi connectivity index (χ1n) is 9.43. The Balaban J connectivity index is 1.68. The Kier molecular flexibility index (Phi) is 6.42. The molecule has 0 radical (unpaired) electrons. The summed E-state index contributed by atoms with van der Waals surface area (Å²) in [6.07, 6.45) is 0. The Hall–Kier alpha value is -3.32. The molecule has 0 aliphatic carbocycles. The molecule has 0 atom stereocenters. The van der Waals surface area contributed by atoms with Crippen LogP contribution in [0.5, 0.6) is 5.75 Å². The lowest BCUT2D eigenvalue weighted by atomic mass is 10.1. The fourth-order valence-electron chi connectivity index (χ4n) is 2.91. The molecule has 3 aromatic rings. The van der Waals surface area contributed by atoms with Crippen molar-refractivity contribution in [3.05, 3.63) is 83.4 Å². The van der Waals surface area contributed by atoms with Gasteiger partial charge in [0.05, 0.1) is 10.6 Å². The third-order valence-corrected chi connectivity index (χ3v) is 5.89. The van der Waals surface area contributed by atoms with Gasteiger partial charge < -0.3 is 10.1 Å². The van der Waals surface area contributed by atoms with Gasteiger partial charge in [-0.15, -0.1) is 0 Å². The molecule has 0 saturated heterocycles.